The molecule has 0 aromatic carbocycles. The molecule has 0 aliphatic carbocycles. The van der Waals surface area contributed by atoms with Gasteiger partial charge in [-0.25, -0.2) is 15.0 Å². The Hall–Kier alpha value is -2.42. The molecule has 1 aliphatic rings. The van der Waals surface area contributed by atoms with Crippen molar-refractivity contribution in [3.8, 4) is 0 Å². The van der Waals surface area contributed by atoms with Crippen molar-refractivity contribution in [3.63, 3.8) is 0 Å². The van der Waals surface area contributed by atoms with E-state index in [2.05, 4.69) is 35.9 Å². The minimum atomic E-state index is -1.41. The predicted octanol–water partition coefficient (Wildman–Crippen LogP) is -2.59. The van der Waals surface area contributed by atoms with Crippen LogP contribution in [-0.2, 0) is 9.53 Å². The molecule has 1 aliphatic heterocycles. The van der Waals surface area contributed by atoms with E-state index in [0.29, 0.717) is 29.9 Å². The number of nitrogens with two attached hydrogens (primary N) is 1. The predicted molar refractivity (Wildman–Crippen MR) is 111 cm³/mol. The van der Waals surface area contributed by atoms with E-state index in [1.54, 1.807) is 7.05 Å². The molecular weight excluding hydrogens is 408 g/mol. The van der Waals surface area contributed by atoms with Gasteiger partial charge in [0.1, 0.15) is 30.2 Å². The van der Waals surface area contributed by atoms with Crippen LogP contribution in [0.5, 0.6) is 0 Å². The van der Waals surface area contributed by atoms with Crippen LogP contribution >= 0.6 is 0 Å². The Bertz CT molecular complexity index is 849. The van der Waals surface area contributed by atoms with Crippen molar-refractivity contribution in [1.29, 1.82) is 0 Å². The molecule has 3 heterocycles. The van der Waals surface area contributed by atoms with Gasteiger partial charge in [0, 0.05) is 0 Å². The van der Waals surface area contributed by atoms with Gasteiger partial charge in [-0.05, 0) is 26.4 Å². The SMILES string of the molecule is CN[C@@H](CCCCN)C(=O)N[C@@H]1[C@@H](O)[C@H](O)[C@@H](Nc2ncnc3nc[nH]c23)O[C@H]1CO. The van der Waals surface area contributed by atoms with Gasteiger partial charge >= 0.3 is 0 Å². The maximum absolute atomic E-state index is 12.7. The van der Waals surface area contributed by atoms with Crippen LogP contribution in [0.15, 0.2) is 12.7 Å². The monoisotopic (exact) mass is 438 g/mol. The number of aromatic nitrogens is 4. The molecule has 13 heteroatoms. The molecule has 1 saturated heterocycles. The summed E-state index contributed by atoms with van der Waals surface area (Å²) in [6.07, 6.45) is 0.00769. The van der Waals surface area contributed by atoms with Crippen LogP contribution in [0, 0.1) is 0 Å². The molecule has 0 bridgehead atoms. The number of aromatic amines is 1. The lowest BCUT2D eigenvalue weighted by Gasteiger charge is -2.43. The summed E-state index contributed by atoms with van der Waals surface area (Å²) in [7, 11) is 1.66. The summed E-state index contributed by atoms with van der Waals surface area (Å²) >= 11 is 0. The number of aliphatic hydroxyl groups is 3. The van der Waals surface area contributed by atoms with Crippen molar-refractivity contribution in [2.24, 2.45) is 5.73 Å². The first-order valence-electron chi connectivity index (χ1n) is 10.2. The van der Waals surface area contributed by atoms with Gasteiger partial charge < -0.3 is 46.7 Å². The van der Waals surface area contributed by atoms with Gasteiger partial charge in [-0.3, -0.25) is 4.79 Å². The van der Waals surface area contributed by atoms with E-state index in [0.717, 1.165) is 12.8 Å². The van der Waals surface area contributed by atoms with E-state index < -0.39 is 43.2 Å². The molecule has 6 atom stereocenters. The van der Waals surface area contributed by atoms with Crippen LogP contribution < -0.4 is 21.7 Å². The lowest BCUT2D eigenvalue weighted by molar-refractivity contribution is -0.185. The van der Waals surface area contributed by atoms with Crippen LogP contribution in [0.3, 0.4) is 0 Å². The van der Waals surface area contributed by atoms with Crippen LogP contribution in [0.1, 0.15) is 19.3 Å². The molecule has 13 nitrogen and oxygen atoms in total. The van der Waals surface area contributed by atoms with E-state index in [1.165, 1.54) is 12.7 Å². The number of ether oxygens (including phenoxy) is 1. The highest BCUT2D eigenvalue weighted by Crippen LogP contribution is 2.24. The van der Waals surface area contributed by atoms with Gasteiger partial charge in [0.2, 0.25) is 5.91 Å². The smallest absolute Gasteiger partial charge is 0.237 e. The number of aliphatic hydroxyl groups excluding tert-OH is 3. The van der Waals surface area contributed by atoms with Gasteiger partial charge in [0.05, 0.1) is 25.0 Å². The molecule has 1 amide bonds. The number of anilines is 1. The van der Waals surface area contributed by atoms with Crippen molar-refractivity contribution in [2.45, 2.75) is 55.9 Å². The molecule has 1 fully saturated rings. The van der Waals surface area contributed by atoms with Gasteiger partial charge in [0.15, 0.2) is 17.7 Å². The molecule has 0 radical (unpaired) electrons. The molecular formula is C18H30N8O5. The van der Waals surface area contributed by atoms with E-state index in [-0.39, 0.29) is 5.91 Å². The van der Waals surface area contributed by atoms with Crippen molar-refractivity contribution in [3.05, 3.63) is 12.7 Å². The van der Waals surface area contributed by atoms with Gasteiger partial charge in [-0.2, -0.15) is 0 Å². The number of hydrogen-bond donors (Lipinski definition) is 8. The maximum Gasteiger partial charge on any atom is 0.237 e. The average Bonchev–Trinajstić information content (AvgIpc) is 3.26. The number of unbranched alkanes of at least 4 members (excludes halogenated alkanes) is 1. The van der Waals surface area contributed by atoms with E-state index in [1.807, 2.05) is 0 Å². The number of fused-ring (bicyclic) bond motifs is 1. The number of nitrogens with one attached hydrogen (secondary N) is 4. The van der Waals surface area contributed by atoms with Crippen LogP contribution in [0.4, 0.5) is 5.82 Å². The Balaban J connectivity index is 1.68. The lowest BCUT2D eigenvalue weighted by Crippen LogP contribution is -2.67. The molecule has 9 N–H and O–H groups in total. The normalized spacial score (nSPS) is 27.2. The van der Waals surface area contributed by atoms with Crippen molar-refractivity contribution >= 4 is 22.9 Å². The number of carbonyl (C=O) groups is 1. The number of likely N-dealkylation sites (N-methyl/N-ethyl adjacent to an activating group) is 1. The second-order valence-electron chi connectivity index (χ2n) is 7.39. The van der Waals surface area contributed by atoms with E-state index in [4.69, 9.17) is 10.5 Å². The molecule has 0 spiro atoms. The lowest BCUT2D eigenvalue weighted by atomic mass is 9.94. The fraction of sp³-hybridized carbons (Fsp3) is 0.667. The number of H-pyrrole nitrogens is 1. The quantitative estimate of drug-likeness (QED) is 0.181. The second-order valence-corrected chi connectivity index (χ2v) is 7.39. The maximum atomic E-state index is 12.7. The summed E-state index contributed by atoms with van der Waals surface area (Å²) in [5, 5.41) is 39.6. The van der Waals surface area contributed by atoms with Crippen molar-refractivity contribution in [1.82, 2.24) is 30.6 Å². The third-order valence-electron chi connectivity index (χ3n) is 5.35. The zero-order valence-electron chi connectivity index (χ0n) is 17.2. The van der Waals surface area contributed by atoms with E-state index >= 15 is 0 Å². The van der Waals surface area contributed by atoms with Gasteiger partial charge in [0.25, 0.3) is 0 Å². The Kier molecular flexibility index (Phi) is 8.06. The van der Waals surface area contributed by atoms with E-state index in [9.17, 15) is 20.1 Å². The fourth-order valence-electron chi connectivity index (χ4n) is 3.59. The Labute approximate surface area is 178 Å². The van der Waals surface area contributed by atoms with Crippen LogP contribution in [0.25, 0.3) is 11.2 Å². The molecule has 31 heavy (non-hydrogen) atoms. The summed E-state index contributed by atoms with van der Waals surface area (Å²) in [4.78, 5) is 27.7. The standard InChI is InChI=1S/C18H30N8O5/c1-20-9(4-2-3-5-19)17(30)25-11-10(6-27)31-18(14(29)13(11)28)26-16-12-15(22-7-21-12)23-8-24-16/h7-11,13-14,18,20,27-29H,2-6,19H2,1H3,(H,25,30)(H2,21,22,23,24,26)/t9-,10-,11-,13+,14-,18-/m0/s1. The Morgan fingerprint density at radius 3 is 2.81 bits per heavy atom. The van der Waals surface area contributed by atoms with Crippen molar-refractivity contribution in [2.75, 3.05) is 25.5 Å². The summed E-state index contributed by atoms with van der Waals surface area (Å²) in [6, 6.07) is -1.51. The number of imidazole rings is 1. The molecule has 172 valence electrons. The minimum absolute atomic E-state index is 0.313. The molecule has 2 aromatic rings. The zero-order chi connectivity index (χ0) is 22.4. The Morgan fingerprint density at radius 2 is 2.10 bits per heavy atom. The summed E-state index contributed by atoms with van der Waals surface area (Å²) in [5.41, 5.74) is 6.41. The summed E-state index contributed by atoms with van der Waals surface area (Å²) in [6.45, 7) is 0.0606. The van der Waals surface area contributed by atoms with Crippen LogP contribution in [0.2, 0.25) is 0 Å². The average molecular weight is 438 g/mol. The van der Waals surface area contributed by atoms with Gasteiger partial charge in [-0.1, -0.05) is 6.42 Å². The highest BCUT2D eigenvalue weighted by molar-refractivity contribution is 5.82. The third-order valence-corrected chi connectivity index (χ3v) is 5.35. The first-order chi connectivity index (χ1) is 15.0. The fourth-order valence-corrected chi connectivity index (χ4v) is 3.59. The highest BCUT2D eigenvalue weighted by atomic mass is 16.5. The number of hydrogen-bond acceptors (Lipinski definition) is 11. The summed E-state index contributed by atoms with van der Waals surface area (Å²) in [5.74, 6) is -0.0488. The Morgan fingerprint density at radius 1 is 1.29 bits per heavy atom. The summed E-state index contributed by atoms with van der Waals surface area (Å²) < 4.78 is 5.76. The highest BCUT2D eigenvalue weighted by Gasteiger charge is 2.45. The minimum Gasteiger partial charge on any atom is -0.394 e. The molecule has 2 aromatic heterocycles. The number of carbonyl (C=O) groups excluding carboxylic acids is 1. The van der Waals surface area contributed by atoms with Gasteiger partial charge in [-0.15, -0.1) is 0 Å². The molecule has 0 saturated carbocycles. The topological polar surface area (TPSA) is 204 Å². The second kappa shape index (κ2) is 10.7. The molecule has 3 rings (SSSR count). The third kappa shape index (κ3) is 5.26. The van der Waals surface area contributed by atoms with Crippen LogP contribution in [-0.4, -0.2) is 98.0 Å². The van der Waals surface area contributed by atoms with Crippen molar-refractivity contribution < 1.29 is 24.9 Å². The largest absolute Gasteiger partial charge is 0.394 e. The number of rotatable bonds is 10. The number of amides is 1. The first-order valence-corrected chi connectivity index (χ1v) is 10.2. The first kappa shape index (κ1) is 23.2. The zero-order valence-corrected chi connectivity index (χ0v) is 17.2. The number of nitrogens with zero attached hydrogens (tertiary/aromatic N) is 3. The molecule has 0 unspecified atom stereocenters.